The van der Waals surface area contributed by atoms with E-state index in [4.69, 9.17) is 4.74 Å². The number of halogens is 3. The summed E-state index contributed by atoms with van der Waals surface area (Å²) in [5.74, 6) is 0.452. The molecule has 0 aromatic heterocycles. The van der Waals surface area contributed by atoms with Crippen LogP contribution in [-0.2, 0) is 0 Å². The molecule has 0 spiro atoms. The van der Waals surface area contributed by atoms with E-state index in [2.05, 4.69) is 35.1 Å². The van der Waals surface area contributed by atoms with Gasteiger partial charge in [-0.3, -0.25) is 0 Å². The SMILES string of the molecule is CCCNC(C)c1ccc(OCC(F)F)cc1Br. The monoisotopic (exact) mass is 321 g/mol. The minimum atomic E-state index is -2.45. The van der Waals surface area contributed by atoms with Crippen LogP contribution in [0.5, 0.6) is 5.75 Å². The lowest BCUT2D eigenvalue weighted by molar-refractivity contribution is 0.0818. The van der Waals surface area contributed by atoms with Crippen molar-refractivity contribution in [2.45, 2.75) is 32.7 Å². The number of benzene rings is 1. The first-order chi connectivity index (χ1) is 8.54. The Bertz CT molecular complexity index is 374. The number of ether oxygens (including phenoxy) is 1. The second kappa shape index (κ2) is 7.69. The Hall–Kier alpha value is -0.680. The average Bonchev–Trinajstić information content (AvgIpc) is 2.33. The maximum Gasteiger partial charge on any atom is 0.272 e. The Morgan fingerprint density at radius 1 is 1.39 bits per heavy atom. The summed E-state index contributed by atoms with van der Waals surface area (Å²) in [4.78, 5) is 0. The molecule has 0 bridgehead atoms. The van der Waals surface area contributed by atoms with Crippen LogP contribution in [0.3, 0.4) is 0 Å². The number of hydrogen-bond donors (Lipinski definition) is 1. The van der Waals surface area contributed by atoms with Gasteiger partial charge in [0, 0.05) is 10.5 Å². The van der Waals surface area contributed by atoms with Gasteiger partial charge in [0.15, 0.2) is 0 Å². The van der Waals surface area contributed by atoms with E-state index in [1.165, 1.54) is 0 Å². The highest BCUT2D eigenvalue weighted by atomic mass is 79.9. The molecule has 0 aliphatic heterocycles. The van der Waals surface area contributed by atoms with Gasteiger partial charge in [-0.05, 0) is 37.6 Å². The lowest BCUT2D eigenvalue weighted by Crippen LogP contribution is -2.19. The number of rotatable bonds is 7. The van der Waals surface area contributed by atoms with E-state index in [9.17, 15) is 8.78 Å². The van der Waals surface area contributed by atoms with Crippen LogP contribution in [-0.4, -0.2) is 19.6 Å². The highest BCUT2D eigenvalue weighted by Crippen LogP contribution is 2.27. The molecule has 1 rings (SSSR count). The number of nitrogens with one attached hydrogen (secondary N) is 1. The van der Waals surface area contributed by atoms with Crippen LogP contribution >= 0.6 is 15.9 Å². The van der Waals surface area contributed by atoms with Crippen molar-refractivity contribution in [3.05, 3.63) is 28.2 Å². The Balaban J connectivity index is 2.66. The predicted molar refractivity (Wildman–Crippen MR) is 72.3 cm³/mol. The molecule has 0 saturated carbocycles. The lowest BCUT2D eigenvalue weighted by Gasteiger charge is -2.16. The van der Waals surface area contributed by atoms with Crippen molar-refractivity contribution in [3.63, 3.8) is 0 Å². The van der Waals surface area contributed by atoms with E-state index >= 15 is 0 Å². The molecule has 1 aromatic carbocycles. The molecule has 0 amide bonds. The lowest BCUT2D eigenvalue weighted by atomic mass is 10.1. The zero-order valence-electron chi connectivity index (χ0n) is 10.6. The van der Waals surface area contributed by atoms with Crippen molar-refractivity contribution in [1.82, 2.24) is 5.32 Å². The molecule has 0 heterocycles. The fraction of sp³-hybridized carbons (Fsp3) is 0.538. The molecule has 0 radical (unpaired) electrons. The van der Waals surface area contributed by atoms with Crippen LogP contribution in [0.2, 0.25) is 0 Å². The summed E-state index contributed by atoms with van der Waals surface area (Å²) in [5, 5.41) is 3.37. The molecule has 102 valence electrons. The van der Waals surface area contributed by atoms with Gasteiger partial charge >= 0.3 is 0 Å². The van der Waals surface area contributed by atoms with E-state index in [0.717, 1.165) is 23.0 Å². The summed E-state index contributed by atoms with van der Waals surface area (Å²) in [7, 11) is 0. The van der Waals surface area contributed by atoms with Crippen LogP contribution in [0, 0.1) is 0 Å². The topological polar surface area (TPSA) is 21.3 Å². The predicted octanol–water partition coefficient (Wildman–Crippen LogP) is 4.15. The summed E-state index contributed by atoms with van der Waals surface area (Å²) in [6.07, 6.45) is -1.38. The first-order valence-electron chi connectivity index (χ1n) is 5.98. The van der Waals surface area contributed by atoms with Gasteiger partial charge in [0.2, 0.25) is 0 Å². The van der Waals surface area contributed by atoms with Gasteiger partial charge in [0.25, 0.3) is 6.43 Å². The van der Waals surface area contributed by atoms with Gasteiger partial charge < -0.3 is 10.1 Å². The molecule has 0 aliphatic rings. The van der Waals surface area contributed by atoms with Gasteiger partial charge in [-0.25, -0.2) is 8.78 Å². The van der Waals surface area contributed by atoms with Crippen molar-refractivity contribution in [2.24, 2.45) is 0 Å². The largest absolute Gasteiger partial charge is 0.488 e. The van der Waals surface area contributed by atoms with Gasteiger partial charge in [-0.15, -0.1) is 0 Å². The third-order valence-corrected chi connectivity index (χ3v) is 3.20. The van der Waals surface area contributed by atoms with Crippen molar-refractivity contribution in [3.8, 4) is 5.75 Å². The Kier molecular flexibility index (Phi) is 6.57. The highest BCUT2D eigenvalue weighted by Gasteiger charge is 2.10. The first kappa shape index (κ1) is 15.4. The zero-order valence-corrected chi connectivity index (χ0v) is 12.1. The Labute approximate surface area is 115 Å². The molecule has 0 saturated heterocycles. The normalized spacial score (nSPS) is 12.8. The standard InChI is InChI=1S/C13H18BrF2NO/c1-3-6-17-9(2)11-5-4-10(7-12(11)14)18-8-13(15)16/h4-5,7,9,13,17H,3,6,8H2,1-2H3. The van der Waals surface area contributed by atoms with Crippen LogP contribution in [0.1, 0.15) is 31.9 Å². The maximum absolute atomic E-state index is 12.0. The molecule has 0 aliphatic carbocycles. The van der Waals surface area contributed by atoms with Crippen LogP contribution < -0.4 is 10.1 Å². The smallest absolute Gasteiger partial charge is 0.272 e. The molecular weight excluding hydrogens is 304 g/mol. The third-order valence-electron chi connectivity index (χ3n) is 2.51. The zero-order chi connectivity index (χ0) is 13.5. The molecule has 1 unspecified atom stereocenters. The van der Waals surface area contributed by atoms with Crippen LogP contribution in [0.25, 0.3) is 0 Å². The highest BCUT2D eigenvalue weighted by molar-refractivity contribution is 9.10. The molecule has 1 aromatic rings. The van der Waals surface area contributed by atoms with Crippen molar-refractivity contribution < 1.29 is 13.5 Å². The van der Waals surface area contributed by atoms with Crippen molar-refractivity contribution >= 4 is 15.9 Å². The van der Waals surface area contributed by atoms with E-state index in [1.807, 2.05) is 6.07 Å². The minimum absolute atomic E-state index is 0.212. The van der Waals surface area contributed by atoms with E-state index in [-0.39, 0.29) is 6.04 Å². The summed E-state index contributed by atoms with van der Waals surface area (Å²) in [6.45, 7) is 4.54. The molecule has 5 heteroatoms. The molecule has 2 nitrogen and oxygen atoms in total. The quantitative estimate of drug-likeness (QED) is 0.814. The molecule has 0 fully saturated rings. The fourth-order valence-corrected chi connectivity index (χ4v) is 2.28. The third kappa shape index (κ3) is 4.90. The van der Waals surface area contributed by atoms with E-state index in [0.29, 0.717) is 5.75 Å². The van der Waals surface area contributed by atoms with Gasteiger partial charge in [0.05, 0.1) is 0 Å². The maximum atomic E-state index is 12.0. The van der Waals surface area contributed by atoms with Gasteiger partial charge in [-0.2, -0.15) is 0 Å². The second-order valence-corrected chi connectivity index (χ2v) is 4.92. The summed E-state index contributed by atoms with van der Waals surface area (Å²) < 4.78 is 29.9. The Morgan fingerprint density at radius 3 is 2.67 bits per heavy atom. The Morgan fingerprint density at radius 2 is 2.11 bits per heavy atom. The van der Waals surface area contributed by atoms with Gasteiger partial charge in [0.1, 0.15) is 12.4 Å². The van der Waals surface area contributed by atoms with Crippen molar-refractivity contribution in [2.75, 3.05) is 13.2 Å². The molecule has 18 heavy (non-hydrogen) atoms. The number of alkyl halides is 2. The van der Waals surface area contributed by atoms with Crippen molar-refractivity contribution in [1.29, 1.82) is 0 Å². The molecule has 1 N–H and O–H groups in total. The van der Waals surface area contributed by atoms with Gasteiger partial charge in [-0.1, -0.05) is 28.9 Å². The summed E-state index contributed by atoms with van der Waals surface area (Å²) in [5.41, 5.74) is 1.09. The summed E-state index contributed by atoms with van der Waals surface area (Å²) >= 11 is 3.44. The van der Waals surface area contributed by atoms with Crippen LogP contribution in [0.15, 0.2) is 22.7 Å². The number of hydrogen-bond acceptors (Lipinski definition) is 2. The average molecular weight is 322 g/mol. The molecular formula is C13H18BrF2NO. The fourth-order valence-electron chi connectivity index (χ4n) is 1.58. The second-order valence-electron chi connectivity index (χ2n) is 4.06. The molecule has 1 atom stereocenters. The minimum Gasteiger partial charge on any atom is -0.488 e. The van der Waals surface area contributed by atoms with Crippen LogP contribution in [0.4, 0.5) is 8.78 Å². The first-order valence-corrected chi connectivity index (χ1v) is 6.77. The van der Waals surface area contributed by atoms with E-state index in [1.54, 1.807) is 12.1 Å². The van der Waals surface area contributed by atoms with E-state index < -0.39 is 13.0 Å². The summed E-state index contributed by atoms with van der Waals surface area (Å²) in [6, 6.07) is 5.54.